The maximum absolute atomic E-state index is 6.96. The van der Waals surface area contributed by atoms with E-state index < -0.39 is 10.9 Å². The minimum atomic E-state index is -0.567. The van der Waals surface area contributed by atoms with Crippen LogP contribution < -0.4 is 5.14 Å². The fraction of sp³-hybridized carbons (Fsp3) is 1.00. The van der Waals surface area contributed by atoms with Crippen LogP contribution in [-0.4, -0.2) is 5.75 Å². The summed E-state index contributed by atoms with van der Waals surface area (Å²) in [6, 6.07) is 0. The van der Waals surface area contributed by atoms with Crippen molar-refractivity contribution in [2.45, 2.75) is 26.2 Å². The van der Waals surface area contributed by atoms with Gasteiger partial charge in [-0.2, -0.15) is 0 Å². The predicted octanol–water partition coefficient (Wildman–Crippen LogP) is 1.43. The lowest BCUT2D eigenvalue weighted by atomic mass is 10.3. The molecule has 0 aliphatic rings. The predicted molar refractivity (Wildman–Crippen MR) is 38.7 cm³/mol. The smallest absolute Gasteiger partial charge is 0.0175 e. The average Bonchev–Trinajstić information content (AvgIpc) is 1.66. The average molecular weight is 134 g/mol. The zero-order valence-corrected chi connectivity index (χ0v) is 6.13. The van der Waals surface area contributed by atoms with Gasteiger partial charge in [0, 0.05) is 5.75 Å². The van der Waals surface area contributed by atoms with Gasteiger partial charge in [0.15, 0.2) is 0 Å². The van der Waals surface area contributed by atoms with Crippen LogP contribution in [0.15, 0.2) is 0 Å². The lowest BCUT2D eigenvalue weighted by Crippen LogP contribution is -2.04. The lowest BCUT2D eigenvalue weighted by Gasteiger charge is -1.94. The molecule has 0 aliphatic heterocycles. The van der Waals surface area contributed by atoms with Crippen molar-refractivity contribution in [3.05, 3.63) is 0 Å². The van der Waals surface area contributed by atoms with Crippen molar-refractivity contribution in [2.24, 2.45) is 5.14 Å². The van der Waals surface area contributed by atoms with Gasteiger partial charge in [-0.3, -0.25) is 9.92 Å². The van der Waals surface area contributed by atoms with E-state index in [0.717, 1.165) is 12.2 Å². The summed E-state index contributed by atoms with van der Waals surface area (Å²) in [5, 5.41) is 5.23. The molecule has 0 saturated carbocycles. The van der Waals surface area contributed by atoms with Gasteiger partial charge in [-0.05, 0) is 17.3 Å². The van der Waals surface area contributed by atoms with Crippen LogP contribution in [0.4, 0.5) is 0 Å². The highest BCUT2D eigenvalue weighted by molar-refractivity contribution is 7.83. The zero-order chi connectivity index (χ0) is 6.41. The SMILES string of the molecule is CCCCCS(=N)N. The summed E-state index contributed by atoms with van der Waals surface area (Å²) in [6.07, 6.45) is 3.57. The van der Waals surface area contributed by atoms with E-state index in [1.54, 1.807) is 0 Å². The van der Waals surface area contributed by atoms with E-state index in [2.05, 4.69) is 6.92 Å². The van der Waals surface area contributed by atoms with Crippen molar-refractivity contribution in [3.8, 4) is 0 Å². The Labute approximate surface area is 53.5 Å². The molecule has 8 heavy (non-hydrogen) atoms. The fourth-order valence-corrected chi connectivity index (χ4v) is 1.02. The Morgan fingerprint density at radius 2 is 2.12 bits per heavy atom. The highest BCUT2D eigenvalue weighted by Gasteiger charge is 1.85. The van der Waals surface area contributed by atoms with Crippen LogP contribution >= 0.6 is 0 Å². The fourth-order valence-electron chi connectivity index (χ4n) is 0.508. The van der Waals surface area contributed by atoms with Gasteiger partial charge in [0.1, 0.15) is 0 Å². The summed E-state index contributed by atoms with van der Waals surface area (Å²) in [7, 11) is -0.567. The molecule has 0 rings (SSSR count). The van der Waals surface area contributed by atoms with Gasteiger partial charge in [-0.25, -0.2) is 0 Å². The Kier molecular flexibility index (Phi) is 5.32. The molecule has 0 aliphatic carbocycles. The van der Waals surface area contributed by atoms with Gasteiger partial charge in [0.05, 0.1) is 0 Å². The largest absolute Gasteiger partial charge is 0.269 e. The third kappa shape index (κ3) is 6.11. The van der Waals surface area contributed by atoms with Crippen LogP contribution in [0.5, 0.6) is 0 Å². The molecule has 0 spiro atoms. The van der Waals surface area contributed by atoms with Crippen molar-refractivity contribution >= 4 is 10.9 Å². The number of rotatable bonds is 4. The molecule has 2 nitrogen and oxygen atoms in total. The van der Waals surface area contributed by atoms with E-state index >= 15 is 0 Å². The quantitative estimate of drug-likeness (QED) is 0.561. The summed E-state index contributed by atoms with van der Waals surface area (Å²) in [6.45, 7) is 2.15. The third-order valence-electron chi connectivity index (χ3n) is 0.968. The van der Waals surface area contributed by atoms with E-state index in [9.17, 15) is 0 Å². The minimum Gasteiger partial charge on any atom is -0.269 e. The topological polar surface area (TPSA) is 49.9 Å². The molecule has 0 amide bonds. The van der Waals surface area contributed by atoms with E-state index in [0.29, 0.717) is 0 Å². The van der Waals surface area contributed by atoms with Crippen LogP contribution in [-0.2, 0) is 10.9 Å². The first kappa shape index (κ1) is 8.11. The van der Waals surface area contributed by atoms with E-state index in [1.165, 1.54) is 12.8 Å². The van der Waals surface area contributed by atoms with E-state index in [1.807, 2.05) is 0 Å². The Morgan fingerprint density at radius 3 is 2.50 bits per heavy atom. The first-order chi connectivity index (χ1) is 3.77. The summed E-state index contributed by atoms with van der Waals surface area (Å²) < 4.78 is 6.96. The highest BCUT2D eigenvalue weighted by Crippen LogP contribution is 1.93. The van der Waals surface area contributed by atoms with Gasteiger partial charge >= 0.3 is 0 Å². The van der Waals surface area contributed by atoms with Crippen LogP contribution in [0.25, 0.3) is 0 Å². The molecule has 50 valence electrons. The van der Waals surface area contributed by atoms with Crippen molar-refractivity contribution in [2.75, 3.05) is 5.75 Å². The van der Waals surface area contributed by atoms with Crippen molar-refractivity contribution in [1.29, 1.82) is 4.78 Å². The molecule has 1 atom stereocenters. The number of nitrogens with two attached hydrogens (primary N) is 1. The monoisotopic (exact) mass is 134 g/mol. The van der Waals surface area contributed by atoms with E-state index in [4.69, 9.17) is 9.92 Å². The summed E-state index contributed by atoms with van der Waals surface area (Å²) in [4.78, 5) is 0. The highest BCUT2D eigenvalue weighted by atomic mass is 32.2. The van der Waals surface area contributed by atoms with Gasteiger partial charge < -0.3 is 0 Å². The molecule has 3 N–H and O–H groups in total. The molecule has 0 aromatic heterocycles. The van der Waals surface area contributed by atoms with Crippen LogP contribution in [0, 0.1) is 4.78 Å². The van der Waals surface area contributed by atoms with Crippen LogP contribution in [0.2, 0.25) is 0 Å². The Hall–Kier alpha value is 0.110. The second-order valence-corrected chi connectivity index (χ2v) is 3.11. The molecule has 0 radical (unpaired) electrons. The van der Waals surface area contributed by atoms with Crippen molar-refractivity contribution in [3.63, 3.8) is 0 Å². The molecule has 0 aromatic carbocycles. The molecular weight excluding hydrogens is 120 g/mol. The zero-order valence-electron chi connectivity index (χ0n) is 5.31. The maximum Gasteiger partial charge on any atom is 0.0175 e. The molecular formula is C5H14N2S. The Bertz CT molecular complexity index is 72.8. The summed E-state index contributed by atoms with van der Waals surface area (Å²) in [5.74, 6) is 0.883. The first-order valence-electron chi connectivity index (χ1n) is 2.94. The first-order valence-corrected chi connectivity index (χ1v) is 4.39. The molecule has 1 unspecified atom stereocenters. The minimum absolute atomic E-state index is 0.567. The van der Waals surface area contributed by atoms with Gasteiger partial charge in [-0.1, -0.05) is 19.8 Å². The molecule has 0 fully saturated rings. The number of unbranched alkanes of at least 4 members (excludes halogenated alkanes) is 2. The standard InChI is InChI=1S/C5H14N2S/c1-2-3-4-5-8(6)7/h2-5H2,1H3,(H3,6,7). The van der Waals surface area contributed by atoms with Gasteiger partial charge in [0.25, 0.3) is 0 Å². The van der Waals surface area contributed by atoms with Gasteiger partial charge in [0.2, 0.25) is 0 Å². The van der Waals surface area contributed by atoms with Gasteiger partial charge in [-0.15, -0.1) is 0 Å². The second kappa shape index (κ2) is 5.25. The lowest BCUT2D eigenvalue weighted by molar-refractivity contribution is 0.777. The third-order valence-corrected chi connectivity index (χ3v) is 1.70. The molecule has 3 heteroatoms. The molecule has 0 saturated heterocycles. The number of hydrogen-bond donors (Lipinski definition) is 2. The van der Waals surface area contributed by atoms with Crippen molar-refractivity contribution in [1.82, 2.24) is 0 Å². The normalized spacial score (nSPS) is 13.8. The number of hydrogen-bond acceptors (Lipinski definition) is 1. The Morgan fingerprint density at radius 1 is 1.50 bits per heavy atom. The second-order valence-electron chi connectivity index (χ2n) is 1.84. The van der Waals surface area contributed by atoms with E-state index in [-0.39, 0.29) is 0 Å². The number of nitrogens with one attached hydrogen (secondary N) is 1. The Balaban J connectivity index is 2.82. The van der Waals surface area contributed by atoms with Crippen molar-refractivity contribution < 1.29 is 0 Å². The van der Waals surface area contributed by atoms with Crippen LogP contribution in [0.3, 0.4) is 0 Å². The summed E-state index contributed by atoms with van der Waals surface area (Å²) in [5.41, 5.74) is 0. The summed E-state index contributed by atoms with van der Waals surface area (Å²) >= 11 is 0. The molecule has 0 heterocycles. The maximum atomic E-state index is 6.96. The molecule has 0 bridgehead atoms. The van der Waals surface area contributed by atoms with Crippen LogP contribution in [0.1, 0.15) is 26.2 Å². The molecule has 0 aromatic rings.